The third-order valence-electron chi connectivity index (χ3n) is 3.99. The van der Waals surface area contributed by atoms with Crippen LogP contribution in [-0.2, 0) is 6.42 Å². The van der Waals surface area contributed by atoms with Gasteiger partial charge in [0.15, 0.2) is 0 Å². The third-order valence-corrected chi connectivity index (χ3v) is 3.99. The van der Waals surface area contributed by atoms with E-state index < -0.39 is 0 Å². The average molecular weight is 271 g/mol. The second-order valence-electron chi connectivity index (χ2n) is 5.43. The van der Waals surface area contributed by atoms with Crippen molar-refractivity contribution in [2.45, 2.75) is 33.2 Å². The lowest BCUT2D eigenvalue weighted by Gasteiger charge is -2.21. The van der Waals surface area contributed by atoms with Crippen LogP contribution >= 0.6 is 0 Å². The number of nitrogens with one attached hydrogen (secondary N) is 1. The normalized spacial score (nSPS) is 12.4. The number of halogens is 1. The van der Waals surface area contributed by atoms with Gasteiger partial charge in [-0.3, -0.25) is 0 Å². The van der Waals surface area contributed by atoms with E-state index in [1.165, 1.54) is 28.3 Å². The van der Waals surface area contributed by atoms with Gasteiger partial charge in [0.25, 0.3) is 0 Å². The summed E-state index contributed by atoms with van der Waals surface area (Å²) in [5.41, 5.74) is 5.83. The Kier molecular flexibility index (Phi) is 4.56. The molecule has 1 atom stereocenters. The van der Waals surface area contributed by atoms with Crippen molar-refractivity contribution >= 4 is 0 Å². The van der Waals surface area contributed by atoms with E-state index in [2.05, 4.69) is 38.2 Å². The van der Waals surface area contributed by atoms with Gasteiger partial charge in [0.2, 0.25) is 0 Å². The van der Waals surface area contributed by atoms with Gasteiger partial charge in [0.05, 0.1) is 0 Å². The van der Waals surface area contributed by atoms with Crippen LogP contribution < -0.4 is 5.32 Å². The van der Waals surface area contributed by atoms with Gasteiger partial charge in [-0.25, -0.2) is 4.39 Å². The summed E-state index contributed by atoms with van der Waals surface area (Å²) < 4.78 is 13.8. The predicted octanol–water partition coefficient (Wildman–Crippen LogP) is 4.25. The van der Waals surface area contributed by atoms with Crippen LogP contribution in [0, 0.1) is 26.6 Å². The number of aryl methyl sites for hydroxylation is 3. The molecule has 0 spiro atoms. The predicted molar refractivity (Wildman–Crippen MR) is 82.6 cm³/mol. The Morgan fingerprint density at radius 2 is 1.65 bits per heavy atom. The van der Waals surface area contributed by atoms with Crippen molar-refractivity contribution < 1.29 is 4.39 Å². The SMILES string of the molecule is CNC(Cc1ccccc1F)c1cc(C)c(C)cc1C. The molecule has 1 N–H and O–H groups in total. The summed E-state index contributed by atoms with van der Waals surface area (Å²) in [7, 11) is 1.93. The molecular formula is C18H22FN. The smallest absolute Gasteiger partial charge is 0.126 e. The highest BCUT2D eigenvalue weighted by Gasteiger charge is 2.15. The zero-order chi connectivity index (χ0) is 14.7. The molecule has 0 saturated carbocycles. The molecule has 0 aliphatic heterocycles. The van der Waals surface area contributed by atoms with E-state index in [1.54, 1.807) is 6.07 Å². The highest BCUT2D eigenvalue weighted by atomic mass is 19.1. The van der Waals surface area contributed by atoms with Crippen molar-refractivity contribution in [3.8, 4) is 0 Å². The fraction of sp³-hybridized carbons (Fsp3) is 0.333. The molecule has 0 aliphatic rings. The van der Waals surface area contributed by atoms with E-state index in [4.69, 9.17) is 0 Å². The number of hydrogen-bond acceptors (Lipinski definition) is 1. The Morgan fingerprint density at radius 3 is 2.30 bits per heavy atom. The van der Waals surface area contributed by atoms with Crippen LogP contribution in [0.15, 0.2) is 36.4 Å². The van der Waals surface area contributed by atoms with Gasteiger partial charge < -0.3 is 5.32 Å². The first kappa shape index (κ1) is 14.7. The minimum atomic E-state index is -0.130. The number of likely N-dealkylation sites (N-methyl/N-ethyl adjacent to an activating group) is 1. The second-order valence-corrected chi connectivity index (χ2v) is 5.43. The van der Waals surface area contributed by atoms with E-state index in [1.807, 2.05) is 19.2 Å². The van der Waals surface area contributed by atoms with Gasteiger partial charge in [0, 0.05) is 6.04 Å². The highest BCUT2D eigenvalue weighted by molar-refractivity contribution is 5.39. The molecule has 20 heavy (non-hydrogen) atoms. The maximum absolute atomic E-state index is 13.8. The number of rotatable bonds is 4. The van der Waals surface area contributed by atoms with E-state index in [9.17, 15) is 4.39 Å². The van der Waals surface area contributed by atoms with Gasteiger partial charge in [-0.05, 0) is 68.1 Å². The van der Waals surface area contributed by atoms with Crippen molar-refractivity contribution in [2.75, 3.05) is 7.05 Å². The van der Waals surface area contributed by atoms with Gasteiger partial charge in [-0.15, -0.1) is 0 Å². The van der Waals surface area contributed by atoms with Crippen LogP contribution in [0.1, 0.15) is 33.9 Å². The Balaban J connectivity index is 2.34. The lowest BCUT2D eigenvalue weighted by molar-refractivity contribution is 0.552. The minimum absolute atomic E-state index is 0.130. The molecule has 2 heteroatoms. The number of benzene rings is 2. The topological polar surface area (TPSA) is 12.0 Å². The Bertz CT molecular complexity index is 604. The summed E-state index contributed by atoms with van der Waals surface area (Å²) >= 11 is 0. The van der Waals surface area contributed by atoms with Crippen molar-refractivity contribution in [3.63, 3.8) is 0 Å². The molecule has 0 aromatic heterocycles. The fourth-order valence-corrected chi connectivity index (χ4v) is 2.61. The molecular weight excluding hydrogens is 249 g/mol. The van der Waals surface area contributed by atoms with Crippen LogP contribution in [0.4, 0.5) is 4.39 Å². The second kappa shape index (κ2) is 6.19. The lowest BCUT2D eigenvalue weighted by atomic mass is 9.92. The summed E-state index contributed by atoms with van der Waals surface area (Å²) in [6.45, 7) is 6.36. The van der Waals surface area contributed by atoms with Crippen molar-refractivity contribution in [2.24, 2.45) is 0 Å². The van der Waals surface area contributed by atoms with Crippen LogP contribution in [-0.4, -0.2) is 7.05 Å². The fourth-order valence-electron chi connectivity index (χ4n) is 2.61. The zero-order valence-electron chi connectivity index (χ0n) is 12.6. The molecule has 2 aromatic carbocycles. The van der Waals surface area contributed by atoms with E-state index in [0.29, 0.717) is 6.42 Å². The minimum Gasteiger partial charge on any atom is -0.313 e. The summed E-state index contributed by atoms with van der Waals surface area (Å²) in [4.78, 5) is 0. The van der Waals surface area contributed by atoms with Crippen LogP contribution in [0.3, 0.4) is 0 Å². The Hall–Kier alpha value is -1.67. The van der Waals surface area contributed by atoms with Crippen molar-refractivity contribution in [1.29, 1.82) is 0 Å². The molecule has 0 fully saturated rings. The zero-order valence-corrected chi connectivity index (χ0v) is 12.6. The van der Waals surface area contributed by atoms with E-state index in [0.717, 1.165) is 5.56 Å². The molecule has 2 rings (SSSR count). The molecule has 106 valence electrons. The Labute approximate surface area is 120 Å². The molecule has 0 saturated heterocycles. The number of hydrogen-bond donors (Lipinski definition) is 1. The van der Waals surface area contributed by atoms with Gasteiger partial charge in [0.1, 0.15) is 5.82 Å². The molecule has 1 unspecified atom stereocenters. The summed E-state index contributed by atoms with van der Waals surface area (Å²) in [5, 5.41) is 3.31. The highest BCUT2D eigenvalue weighted by Crippen LogP contribution is 2.25. The molecule has 0 aliphatic carbocycles. The average Bonchev–Trinajstić information content (AvgIpc) is 2.42. The monoisotopic (exact) mass is 271 g/mol. The van der Waals surface area contributed by atoms with Gasteiger partial charge in [-0.1, -0.05) is 30.3 Å². The van der Waals surface area contributed by atoms with Crippen molar-refractivity contribution in [1.82, 2.24) is 5.32 Å². The Morgan fingerprint density at radius 1 is 1.00 bits per heavy atom. The molecule has 1 nitrogen and oxygen atoms in total. The first-order valence-corrected chi connectivity index (χ1v) is 7.01. The van der Waals surface area contributed by atoms with Gasteiger partial charge in [-0.2, -0.15) is 0 Å². The molecule has 0 amide bonds. The molecule has 2 aromatic rings. The van der Waals surface area contributed by atoms with Gasteiger partial charge >= 0.3 is 0 Å². The van der Waals surface area contributed by atoms with Crippen LogP contribution in [0.25, 0.3) is 0 Å². The van der Waals surface area contributed by atoms with Crippen LogP contribution in [0.5, 0.6) is 0 Å². The lowest BCUT2D eigenvalue weighted by Crippen LogP contribution is -2.20. The summed E-state index contributed by atoms with van der Waals surface area (Å²) in [6.07, 6.45) is 0.659. The largest absolute Gasteiger partial charge is 0.313 e. The standard InChI is InChI=1S/C18H22FN/c1-12-9-14(3)16(10-13(12)2)18(20-4)11-15-7-5-6-8-17(15)19/h5-10,18,20H,11H2,1-4H3. The third kappa shape index (κ3) is 3.07. The molecule has 0 heterocycles. The summed E-state index contributed by atoms with van der Waals surface area (Å²) in [6, 6.07) is 11.5. The van der Waals surface area contributed by atoms with E-state index in [-0.39, 0.29) is 11.9 Å². The van der Waals surface area contributed by atoms with Crippen LogP contribution in [0.2, 0.25) is 0 Å². The quantitative estimate of drug-likeness (QED) is 0.876. The maximum atomic E-state index is 13.8. The first-order valence-electron chi connectivity index (χ1n) is 7.01. The summed E-state index contributed by atoms with van der Waals surface area (Å²) in [5.74, 6) is -0.130. The first-order chi connectivity index (χ1) is 9.52. The van der Waals surface area contributed by atoms with Crippen molar-refractivity contribution in [3.05, 3.63) is 70.0 Å². The van der Waals surface area contributed by atoms with E-state index >= 15 is 0 Å². The molecule has 0 bridgehead atoms. The molecule has 0 radical (unpaired) electrons. The maximum Gasteiger partial charge on any atom is 0.126 e.